The molecule has 1 atom stereocenters. The topological polar surface area (TPSA) is 106 Å². The molecule has 0 saturated carbocycles. The van der Waals surface area contributed by atoms with Crippen LogP contribution in [-0.4, -0.2) is 16.2 Å². The number of hydrogen-bond donors (Lipinski definition) is 3. The standard InChI is InChI=1S/C21H26N2O3S/c22-17-12-7-8-13-18(17)27-19(24)14-6-1-2-9-15-21(23,20(25)26)16-10-4-3-5-11-16/h3-5,7-8,10-13H,1-2,6,9,14-15,22-23H2,(H,25,26). The van der Waals surface area contributed by atoms with E-state index in [9.17, 15) is 14.7 Å². The first kappa shape index (κ1) is 21.0. The number of hydrogen-bond acceptors (Lipinski definition) is 5. The SMILES string of the molecule is Nc1ccccc1SC(=O)CCCCCCC(N)(C(=O)O)c1ccccc1. The Morgan fingerprint density at radius 2 is 1.56 bits per heavy atom. The van der Waals surface area contributed by atoms with Crippen LogP contribution in [0.4, 0.5) is 5.69 Å². The molecule has 5 nitrogen and oxygen atoms in total. The molecule has 0 aliphatic rings. The maximum Gasteiger partial charge on any atom is 0.328 e. The second kappa shape index (κ2) is 10.1. The normalized spacial score (nSPS) is 13.1. The van der Waals surface area contributed by atoms with Gasteiger partial charge in [0.2, 0.25) is 0 Å². The minimum Gasteiger partial charge on any atom is -0.480 e. The lowest BCUT2D eigenvalue weighted by Crippen LogP contribution is -2.44. The van der Waals surface area contributed by atoms with Crippen LogP contribution in [0.5, 0.6) is 0 Å². The van der Waals surface area contributed by atoms with Gasteiger partial charge in [0.05, 0.1) is 0 Å². The minimum absolute atomic E-state index is 0.0934. The van der Waals surface area contributed by atoms with Gasteiger partial charge in [0, 0.05) is 17.0 Å². The lowest BCUT2D eigenvalue weighted by atomic mass is 9.85. The quantitative estimate of drug-likeness (QED) is 0.321. The number of benzene rings is 2. The van der Waals surface area contributed by atoms with Crippen molar-refractivity contribution in [2.75, 3.05) is 5.73 Å². The largest absolute Gasteiger partial charge is 0.480 e. The third-order valence-corrected chi connectivity index (χ3v) is 5.54. The molecule has 6 heteroatoms. The van der Waals surface area contributed by atoms with Crippen LogP contribution in [0.3, 0.4) is 0 Å². The highest BCUT2D eigenvalue weighted by Gasteiger charge is 2.35. The summed E-state index contributed by atoms with van der Waals surface area (Å²) in [6.45, 7) is 0. The average Bonchev–Trinajstić information content (AvgIpc) is 2.66. The molecule has 0 aliphatic heterocycles. The molecule has 5 N–H and O–H groups in total. The Bertz CT molecular complexity index is 767. The monoisotopic (exact) mass is 386 g/mol. The summed E-state index contributed by atoms with van der Waals surface area (Å²) < 4.78 is 0. The third kappa shape index (κ3) is 6.12. The first-order valence-electron chi connectivity index (χ1n) is 9.06. The van der Waals surface area contributed by atoms with Crippen LogP contribution in [-0.2, 0) is 15.1 Å². The molecular formula is C21H26N2O3S. The minimum atomic E-state index is -1.36. The van der Waals surface area contributed by atoms with E-state index in [1.165, 1.54) is 11.8 Å². The number of nitrogen functional groups attached to an aromatic ring is 1. The second-order valence-electron chi connectivity index (χ2n) is 6.57. The summed E-state index contributed by atoms with van der Waals surface area (Å²) in [5.74, 6) is -1.01. The van der Waals surface area contributed by atoms with Gasteiger partial charge in [-0.15, -0.1) is 0 Å². The van der Waals surface area contributed by atoms with Crippen LogP contribution in [0.1, 0.15) is 44.1 Å². The first-order valence-corrected chi connectivity index (χ1v) is 9.88. The van der Waals surface area contributed by atoms with Crippen LogP contribution in [0, 0.1) is 0 Å². The summed E-state index contributed by atoms with van der Waals surface area (Å²) in [5, 5.41) is 9.63. The Morgan fingerprint density at radius 3 is 2.22 bits per heavy atom. The molecular weight excluding hydrogens is 360 g/mol. The Labute approximate surface area is 164 Å². The molecule has 27 heavy (non-hydrogen) atoms. The van der Waals surface area contributed by atoms with E-state index in [2.05, 4.69) is 0 Å². The zero-order valence-corrected chi connectivity index (χ0v) is 16.1. The number of carbonyl (C=O) groups is 2. The number of aliphatic carboxylic acids is 1. The Hall–Kier alpha value is -2.31. The fourth-order valence-electron chi connectivity index (χ4n) is 2.88. The van der Waals surface area contributed by atoms with Gasteiger partial charge < -0.3 is 16.6 Å². The highest BCUT2D eigenvalue weighted by Crippen LogP contribution is 2.28. The summed E-state index contributed by atoms with van der Waals surface area (Å²) in [6.07, 6.45) is 4.02. The summed E-state index contributed by atoms with van der Waals surface area (Å²) in [5.41, 5.74) is 11.9. The fourth-order valence-corrected chi connectivity index (χ4v) is 3.71. The molecule has 0 spiro atoms. The predicted molar refractivity (Wildman–Crippen MR) is 109 cm³/mol. The summed E-state index contributed by atoms with van der Waals surface area (Å²) in [7, 11) is 0. The molecule has 0 saturated heterocycles. The van der Waals surface area contributed by atoms with Gasteiger partial charge in [-0.3, -0.25) is 4.79 Å². The van der Waals surface area contributed by atoms with Crippen molar-refractivity contribution in [3.8, 4) is 0 Å². The Kier molecular flexibility index (Phi) is 7.88. The Balaban J connectivity index is 1.71. The highest BCUT2D eigenvalue weighted by atomic mass is 32.2. The number of carboxylic acids is 1. The van der Waals surface area contributed by atoms with Gasteiger partial charge in [-0.1, -0.05) is 61.7 Å². The maximum absolute atomic E-state index is 12.0. The number of carboxylic acid groups (broad SMARTS) is 1. The zero-order valence-electron chi connectivity index (χ0n) is 15.3. The van der Waals surface area contributed by atoms with Gasteiger partial charge in [0.25, 0.3) is 0 Å². The van der Waals surface area contributed by atoms with Crippen molar-refractivity contribution in [1.82, 2.24) is 0 Å². The molecule has 0 aliphatic carbocycles. The van der Waals surface area contributed by atoms with Crippen LogP contribution in [0.25, 0.3) is 0 Å². The number of anilines is 1. The van der Waals surface area contributed by atoms with E-state index in [-0.39, 0.29) is 5.12 Å². The second-order valence-corrected chi connectivity index (χ2v) is 7.67. The molecule has 0 aromatic heterocycles. The number of nitrogens with two attached hydrogens (primary N) is 2. The van der Waals surface area contributed by atoms with Crippen molar-refractivity contribution in [1.29, 1.82) is 0 Å². The highest BCUT2D eigenvalue weighted by molar-refractivity contribution is 8.13. The number of unbranched alkanes of at least 4 members (excludes halogenated alkanes) is 3. The van der Waals surface area contributed by atoms with Crippen LogP contribution >= 0.6 is 11.8 Å². The van der Waals surface area contributed by atoms with Gasteiger partial charge in [-0.25, -0.2) is 4.79 Å². The van der Waals surface area contributed by atoms with Gasteiger partial charge in [-0.2, -0.15) is 0 Å². The van der Waals surface area contributed by atoms with Crippen molar-refractivity contribution >= 4 is 28.5 Å². The number of rotatable bonds is 10. The van der Waals surface area contributed by atoms with E-state index in [0.717, 1.165) is 24.2 Å². The molecule has 0 bridgehead atoms. The molecule has 0 amide bonds. The molecule has 2 aromatic carbocycles. The smallest absolute Gasteiger partial charge is 0.328 e. The molecule has 2 rings (SSSR count). The third-order valence-electron chi connectivity index (χ3n) is 4.52. The van der Waals surface area contributed by atoms with Gasteiger partial charge >= 0.3 is 5.97 Å². The van der Waals surface area contributed by atoms with Crippen molar-refractivity contribution in [2.24, 2.45) is 5.73 Å². The van der Waals surface area contributed by atoms with E-state index in [4.69, 9.17) is 11.5 Å². The van der Waals surface area contributed by atoms with Crippen molar-refractivity contribution in [3.05, 3.63) is 60.2 Å². The number of para-hydroxylation sites is 1. The molecule has 0 radical (unpaired) electrons. The van der Waals surface area contributed by atoms with Crippen LogP contribution in [0.15, 0.2) is 59.5 Å². The van der Waals surface area contributed by atoms with Crippen LogP contribution in [0.2, 0.25) is 0 Å². The van der Waals surface area contributed by atoms with E-state index in [1.54, 1.807) is 30.3 Å². The maximum atomic E-state index is 12.0. The summed E-state index contributed by atoms with van der Waals surface area (Å²) in [4.78, 5) is 24.5. The van der Waals surface area contributed by atoms with E-state index >= 15 is 0 Å². The fraction of sp³-hybridized carbons (Fsp3) is 0.333. The predicted octanol–water partition coefficient (Wildman–Crippen LogP) is 4.17. The summed E-state index contributed by atoms with van der Waals surface area (Å²) >= 11 is 1.18. The lowest BCUT2D eigenvalue weighted by molar-refractivity contribution is -0.144. The van der Waals surface area contributed by atoms with Crippen molar-refractivity contribution in [2.45, 2.75) is 49.0 Å². The molecule has 144 valence electrons. The van der Waals surface area contributed by atoms with E-state index in [1.807, 2.05) is 24.3 Å². The summed E-state index contributed by atoms with van der Waals surface area (Å²) in [6, 6.07) is 16.2. The van der Waals surface area contributed by atoms with E-state index < -0.39 is 11.5 Å². The molecule has 1 unspecified atom stereocenters. The van der Waals surface area contributed by atoms with Gasteiger partial charge in [0.15, 0.2) is 5.12 Å². The number of carbonyl (C=O) groups excluding carboxylic acids is 1. The van der Waals surface area contributed by atoms with Crippen molar-refractivity contribution in [3.63, 3.8) is 0 Å². The average molecular weight is 387 g/mol. The van der Waals surface area contributed by atoms with E-state index in [0.29, 0.717) is 30.5 Å². The van der Waals surface area contributed by atoms with Gasteiger partial charge in [-0.05, 0) is 42.3 Å². The van der Waals surface area contributed by atoms with Crippen LogP contribution < -0.4 is 11.5 Å². The molecule has 2 aromatic rings. The molecule has 0 fully saturated rings. The number of thioether (sulfide) groups is 1. The molecule has 0 heterocycles. The first-order chi connectivity index (χ1) is 12.9. The Morgan fingerprint density at radius 1 is 0.926 bits per heavy atom. The van der Waals surface area contributed by atoms with Gasteiger partial charge in [0.1, 0.15) is 5.54 Å². The van der Waals surface area contributed by atoms with Crippen molar-refractivity contribution < 1.29 is 14.7 Å². The lowest BCUT2D eigenvalue weighted by Gasteiger charge is -2.25. The zero-order chi connectivity index (χ0) is 19.7.